The highest BCUT2D eigenvalue weighted by molar-refractivity contribution is 6.44. The van der Waals surface area contributed by atoms with Gasteiger partial charge in [-0.3, -0.25) is 0 Å². The van der Waals surface area contributed by atoms with Crippen LogP contribution in [0.15, 0.2) is 18.2 Å². The molecule has 1 aromatic rings. The number of alkyl halides is 2. The van der Waals surface area contributed by atoms with Crippen LogP contribution in [0.25, 0.3) is 0 Å². The van der Waals surface area contributed by atoms with Gasteiger partial charge >= 0.3 is 0 Å². The maximum absolute atomic E-state index is 9.76. The maximum atomic E-state index is 9.76. The van der Waals surface area contributed by atoms with Crippen molar-refractivity contribution in [2.24, 2.45) is 0 Å². The van der Waals surface area contributed by atoms with Gasteiger partial charge in [-0.2, -0.15) is 0 Å². The molecule has 1 rings (SSSR count). The molecule has 0 bridgehead atoms. The van der Waals surface area contributed by atoms with Crippen molar-refractivity contribution in [3.8, 4) is 11.5 Å². The van der Waals surface area contributed by atoms with Crippen molar-refractivity contribution < 1.29 is 14.6 Å². The number of ether oxygens (including phenoxy) is 2. The zero-order chi connectivity index (χ0) is 13.0. The highest BCUT2D eigenvalue weighted by Gasteiger charge is 2.18. The van der Waals surface area contributed by atoms with Crippen LogP contribution in [0, 0.1) is 0 Å². The molecule has 0 aliphatic rings. The standard InChI is InChI=1S/C12H16Cl2O3/c1-7(2)17-10-6-8(11(15)12(13)14)4-5-9(10)16-3/h4-7,11-12,15H,1-3H3. The summed E-state index contributed by atoms with van der Waals surface area (Å²) in [5.74, 6) is 1.17. The summed E-state index contributed by atoms with van der Waals surface area (Å²) in [6.07, 6.45) is -0.933. The van der Waals surface area contributed by atoms with Crippen molar-refractivity contribution in [2.75, 3.05) is 7.11 Å². The molecule has 3 nitrogen and oxygen atoms in total. The van der Waals surface area contributed by atoms with E-state index in [0.717, 1.165) is 0 Å². The van der Waals surface area contributed by atoms with Gasteiger partial charge in [-0.15, -0.1) is 23.2 Å². The van der Waals surface area contributed by atoms with Gasteiger partial charge in [-0.1, -0.05) is 6.07 Å². The summed E-state index contributed by atoms with van der Waals surface area (Å²) in [5.41, 5.74) is 0.594. The Bertz CT molecular complexity index is 367. The smallest absolute Gasteiger partial charge is 0.161 e. The van der Waals surface area contributed by atoms with Gasteiger partial charge in [0.05, 0.1) is 13.2 Å². The van der Waals surface area contributed by atoms with Gasteiger partial charge < -0.3 is 14.6 Å². The summed E-state index contributed by atoms with van der Waals surface area (Å²) in [7, 11) is 1.56. The van der Waals surface area contributed by atoms with Crippen molar-refractivity contribution in [1.82, 2.24) is 0 Å². The molecule has 0 aromatic heterocycles. The van der Waals surface area contributed by atoms with Crippen molar-refractivity contribution >= 4 is 23.2 Å². The lowest BCUT2D eigenvalue weighted by Crippen LogP contribution is -2.09. The van der Waals surface area contributed by atoms with E-state index in [-0.39, 0.29) is 6.10 Å². The van der Waals surface area contributed by atoms with Crippen LogP contribution >= 0.6 is 23.2 Å². The van der Waals surface area contributed by atoms with Crippen LogP contribution in [0.4, 0.5) is 0 Å². The van der Waals surface area contributed by atoms with Crippen molar-refractivity contribution in [2.45, 2.75) is 30.9 Å². The van der Waals surface area contributed by atoms with E-state index in [1.54, 1.807) is 25.3 Å². The Hall–Kier alpha value is -0.640. The minimum Gasteiger partial charge on any atom is -0.493 e. The molecule has 0 fully saturated rings. The predicted octanol–water partition coefficient (Wildman–Crippen LogP) is 3.32. The minimum absolute atomic E-state index is 0.0130. The molecule has 1 aromatic carbocycles. The van der Waals surface area contributed by atoms with E-state index in [9.17, 15) is 5.11 Å². The van der Waals surface area contributed by atoms with Gasteiger partial charge in [0.25, 0.3) is 0 Å². The van der Waals surface area contributed by atoms with E-state index in [1.165, 1.54) is 0 Å². The van der Waals surface area contributed by atoms with Crippen LogP contribution in [0.1, 0.15) is 25.5 Å². The molecule has 1 N–H and O–H groups in total. The molecular weight excluding hydrogens is 263 g/mol. The molecule has 0 heterocycles. The van der Waals surface area contributed by atoms with Gasteiger partial charge in [0.1, 0.15) is 10.9 Å². The summed E-state index contributed by atoms with van der Waals surface area (Å²) < 4.78 is 10.8. The third kappa shape index (κ3) is 3.95. The van der Waals surface area contributed by atoms with Crippen LogP contribution in [-0.2, 0) is 0 Å². The first-order valence-corrected chi connectivity index (χ1v) is 6.13. The molecule has 0 saturated heterocycles. The Labute approximate surface area is 111 Å². The molecule has 17 heavy (non-hydrogen) atoms. The number of aliphatic hydroxyl groups excluding tert-OH is 1. The van der Waals surface area contributed by atoms with Gasteiger partial charge in [-0.05, 0) is 31.5 Å². The summed E-state index contributed by atoms with van der Waals surface area (Å²) >= 11 is 11.3. The number of methoxy groups -OCH3 is 1. The fourth-order valence-electron chi connectivity index (χ4n) is 1.37. The third-order valence-corrected chi connectivity index (χ3v) is 2.61. The monoisotopic (exact) mass is 278 g/mol. The van der Waals surface area contributed by atoms with Crippen LogP contribution in [0.3, 0.4) is 0 Å². The summed E-state index contributed by atoms with van der Waals surface area (Å²) in [6.45, 7) is 3.82. The molecule has 0 aliphatic carbocycles. The van der Waals surface area contributed by atoms with Gasteiger partial charge in [0.15, 0.2) is 11.5 Å². The first kappa shape index (κ1) is 14.4. The predicted molar refractivity (Wildman–Crippen MR) is 69.2 cm³/mol. The van der Waals surface area contributed by atoms with Crippen LogP contribution in [-0.4, -0.2) is 23.2 Å². The normalized spacial score (nSPS) is 12.9. The first-order chi connectivity index (χ1) is 7.95. The van der Waals surface area contributed by atoms with Crippen LogP contribution in [0.2, 0.25) is 0 Å². The zero-order valence-corrected chi connectivity index (χ0v) is 11.5. The Balaban J connectivity index is 3.03. The molecule has 1 unspecified atom stereocenters. The zero-order valence-electron chi connectivity index (χ0n) is 9.98. The molecule has 1 atom stereocenters. The fraction of sp³-hybridized carbons (Fsp3) is 0.500. The highest BCUT2D eigenvalue weighted by Crippen LogP contribution is 2.33. The molecule has 0 aliphatic heterocycles. The number of benzene rings is 1. The van der Waals surface area contributed by atoms with Crippen LogP contribution < -0.4 is 9.47 Å². The number of rotatable bonds is 5. The highest BCUT2D eigenvalue weighted by atomic mass is 35.5. The van der Waals surface area contributed by atoms with E-state index >= 15 is 0 Å². The Morgan fingerprint density at radius 2 is 1.82 bits per heavy atom. The second-order valence-electron chi connectivity index (χ2n) is 3.86. The van der Waals surface area contributed by atoms with Crippen molar-refractivity contribution in [3.63, 3.8) is 0 Å². The molecule has 0 radical (unpaired) electrons. The largest absolute Gasteiger partial charge is 0.493 e. The second kappa shape index (κ2) is 6.34. The maximum Gasteiger partial charge on any atom is 0.161 e. The van der Waals surface area contributed by atoms with E-state index in [1.807, 2.05) is 13.8 Å². The third-order valence-electron chi connectivity index (χ3n) is 2.13. The Morgan fingerprint density at radius 3 is 2.29 bits per heavy atom. The molecule has 0 spiro atoms. The topological polar surface area (TPSA) is 38.7 Å². The first-order valence-electron chi connectivity index (χ1n) is 5.26. The second-order valence-corrected chi connectivity index (χ2v) is 5.02. The summed E-state index contributed by atoms with van der Waals surface area (Å²) in [4.78, 5) is -0.879. The van der Waals surface area contributed by atoms with Gasteiger partial charge in [0.2, 0.25) is 0 Å². The van der Waals surface area contributed by atoms with E-state index in [4.69, 9.17) is 32.7 Å². The SMILES string of the molecule is COc1ccc(C(O)C(Cl)Cl)cc1OC(C)C. The van der Waals surface area contributed by atoms with Crippen LogP contribution in [0.5, 0.6) is 11.5 Å². The van der Waals surface area contributed by atoms with Gasteiger partial charge in [-0.25, -0.2) is 0 Å². The number of hydrogen-bond donors (Lipinski definition) is 1. The number of aliphatic hydroxyl groups is 1. The average Bonchev–Trinajstić information content (AvgIpc) is 2.27. The molecule has 0 saturated carbocycles. The Kier molecular flexibility index (Phi) is 5.37. The van der Waals surface area contributed by atoms with E-state index < -0.39 is 10.9 Å². The van der Waals surface area contributed by atoms with E-state index in [0.29, 0.717) is 17.1 Å². The summed E-state index contributed by atoms with van der Waals surface area (Å²) in [5, 5.41) is 9.76. The molecule has 96 valence electrons. The molecule has 5 heteroatoms. The van der Waals surface area contributed by atoms with Crippen molar-refractivity contribution in [3.05, 3.63) is 23.8 Å². The molecular formula is C12H16Cl2O3. The van der Waals surface area contributed by atoms with Crippen molar-refractivity contribution in [1.29, 1.82) is 0 Å². The fourth-order valence-corrected chi connectivity index (χ4v) is 1.66. The Morgan fingerprint density at radius 1 is 1.18 bits per heavy atom. The minimum atomic E-state index is -0.946. The lowest BCUT2D eigenvalue weighted by molar-refractivity contribution is 0.190. The molecule has 0 amide bonds. The van der Waals surface area contributed by atoms with Gasteiger partial charge in [0, 0.05) is 0 Å². The lowest BCUT2D eigenvalue weighted by atomic mass is 10.1. The summed E-state index contributed by atoms with van der Waals surface area (Å²) in [6, 6.07) is 5.10. The number of halogens is 2. The average molecular weight is 279 g/mol. The number of hydrogen-bond acceptors (Lipinski definition) is 3. The van der Waals surface area contributed by atoms with E-state index in [2.05, 4.69) is 0 Å². The quantitative estimate of drug-likeness (QED) is 0.840. The lowest BCUT2D eigenvalue weighted by Gasteiger charge is -2.17.